The Morgan fingerprint density at radius 3 is 2.80 bits per heavy atom. The molecule has 1 aromatic heterocycles. The first-order valence-corrected chi connectivity index (χ1v) is 6.02. The molecular weight excluding hydrogens is 210 g/mol. The van der Waals surface area contributed by atoms with Crippen LogP contribution in [0.4, 0.5) is 0 Å². The van der Waals surface area contributed by atoms with Gasteiger partial charge in [-0.2, -0.15) is 0 Å². The number of amides is 1. The van der Waals surface area contributed by atoms with Crippen molar-refractivity contribution in [3.63, 3.8) is 0 Å². The van der Waals surface area contributed by atoms with Gasteiger partial charge in [-0.25, -0.2) is 4.98 Å². The number of nitrogens with one attached hydrogen (secondary N) is 1. The third-order valence-corrected chi connectivity index (χ3v) is 3.14. The SMILES string of the molecule is CCC(NC(=O)[C@H](N)CC)c1nccs1. The minimum Gasteiger partial charge on any atom is -0.346 e. The number of nitrogens with two attached hydrogens (primary N) is 1. The Morgan fingerprint density at radius 1 is 1.60 bits per heavy atom. The van der Waals surface area contributed by atoms with Gasteiger partial charge in [-0.3, -0.25) is 4.79 Å². The van der Waals surface area contributed by atoms with Crippen molar-refractivity contribution in [1.29, 1.82) is 0 Å². The Bertz CT molecular complexity index is 300. The molecule has 2 atom stereocenters. The number of carbonyl (C=O) groups excluding carboxylic acids is 1. The van der Waals surface area contributed by atoms with Gasteiger partial charge in [-0.05, 0) is 12.8 Å². The molecule has 1 amide bonds. The fourth-order valence-corrected chi connectivity index (χ4v) is 1.98. The van der Waals surface area contributed by atoms with Crippen LogP contribution in [0.1, 0.15) is 37.7 Å². The van der Waals surface area contributed by atoms with E-state index < -0.39 is 6.04 Å². The lowest BCUT2D eigenvalue weighted by molar-refractivity contribution is -0.123. The van der Waals surface area contributed by atoms with Crippen LogP contribution in [0.25, 0.3) is 0 Å². The van der Waals surface area contributed by atoms with Crippen molar-refractivity contribution in [3.05, 3.63) is 16.6 Å². The van der Waals surface area contributed by atoms with Crippen LogP contribution >= 0.6 is 11.3 Å². The summed E-state index contributed by atoms with van der Waals surface area (Å²) in [5.74, 6) is -0.0976. The molecule has 0 aliphatic heterocycles. The molecule has 0 fully saturated rings. The van der Waals surface area contributed by atoms with E-state index in [0.717, 1.165) is 11.4 Å². The first-order valence-electron chi connectivity index (χ1n) is 5.14. The smallest absolute Gasteiger partial charge is 0.237 e. The number of nitrogens with zero attached hydrogens (tertiary/aromatic N) is 1. The molecule has 0 radical (unpaired) electrons. The molecule has 3 N–H and O–H groups in total. The minimum atomic E-state index is -0.418. The number of aromatic nitrogens is 1. The third kappa shape index (κ3) is 3.28. The predicted octanol–water partition coefficient (Wildman–Crippen LogP) is 1.45. The second-order valence-electron chi connectivity index (χ2n) is 3.35. The molecule has 1 aromatic rings. The maximum atomic E-state index is 11.6. The van der Waals surface area contributed by atoms with Crippen molar-refractivity contribution in [1.82, 2.24) is 10.3 Å². The van der Waals surface area contributed by atoms with Crippen molar-refractivity contribution < 1.29 is 4.79 Å². The summed E-state index contributed by atoms with van der Waals surface area (Å²) in [6.07, 6.45) is 3.23. The summed E-state index contributed by atoms with van der Waals surface area (Å²) in [5, 5.41) is 5.75. The van der Waals surface area contributed by atoms with Crippen LogP contribution < -0.4 is 11.1 Å². The molecule has 0 aromatic carbocycles. The van der Waals surface area contributed by atoms with Crippen LogP contribution in [0.5, 0.6) is 0 Å². The fourth-order valence-electron chi connectivity index (χ4n) is 1.21. The van der Waals surface area contributed by atoms with Crippen LogP contribution in [0, 0.1) is 0 Å². The topological polar surface area (TPSA) is 68.0 Å². The van der Waals surface area contributed by atoms with Crippen LogP contribution in [-0.2, 0) is 4.79 Å². The average molecular weight is 227 g/mol. The zero-order valence-electron chi connectivity index (χ0n) is 9.06. The largest absolute Gasteiger partial charge is 0.346 e. The van der Waals surface area contributed by atoms with Crippen LogP contribution in [-0.4, -0.2) is 16.9 Å². The van der Waals surface area contributed by atoms with Crippen LogP contribution in [0.3, 0.4) is 0 Å². The molecule has 0 spiro atoms. The Labute approximate surface area is 93.9 Å². The first-order chi connectivity index (χ1) is 7.19. The Balaban J connectivity index is 2.58. The lowest BCUT2D eigenvalue weighted by Crippen LogP contribution is -2.41. The lowest BCUT2D eigenvalue weighted by atomic mass is 10.2. The molecule has 0 saturated heterocycles. The third-order valence-electron chi connectivity index (χ3n) is 2.25. The van der Waals surface area contributed by atoms with Crippen molar-refractivity contribution in [3.8, 4) is 0 Å². The summed E-state index contributed by atoms with van der Waals surface area (Å²) in [4.78, 5) is 15.8. The van der Waals surface area contributed by atoms with Gasteiger partial charge in [0.2, 0.25) is 5.91 Å². The second-order valence-corrected chi connectivity index (χ2v) is 4.28. The number of carbonyl (C=O) groups is 1. The summed E-state index contributed by atoms with van der Waals surface area (Å²) in [6, 6.07) is -0.422. The zero-order valence-corrected chi connectivity index (χ0v) is 9.88. The van der Waals surface area contributed by atoms with E-state index in [1.165, 1.54) is 0 Å². The molecule has 0 aliphatic carbocycles. The van der Waals surface area contributed by atoms with Crippen LogP contribution in [0.15, 0.2) is 11.6 Å². The van der Waals surface area contributed by atoms with Gasteiger partial charge in [0.25, 0.3) is 0 Å². The van der Waals surface area contributed by atoms with E-state index in [1.807, 2.05) is 19.2 Å². The summed E-state index contributed by atoms with van der Waals surface area (Å²) >= 11 is 1.55. The van der Waals surface area contributed by atoms with Gasteiger partial charge in [0.1, 0.15) is 5.01 Å². The molecule has 0 saturated carbocycles. The highest BCUT2D eigenvalue weighted by Crippen LogP contribution is 2.18. The average Bonchev–Trinajstić information content (AvgIpc) is 2.77. The van der Waals surface area contributed by atoms with Crippen LogP contribution in [0.2, 0.25) is 0 Å². The normalized spacial score (nSPS) is 14.6. The van der Waals surface area contributed by atoms with E-state index in [2.05, 4.69) is 10.3 Å². The first kappa shape index (κ1) is 12.1. The van der Waals surface area contributed by atoms with Crippen molar-refractivity contribution in [2.45, 2.75) is 38.8 Å². The van der Waals surface area contributed by atoms with E-state index in [4.69, 9.17) is 5.73 Å². The Hall–Kier alpha value is -0.940. The monoisotopic (exact) mass is 227 g/mol. The predicted molar refractivity (Wildman–Crippen MR) is 61.6 cm³/mol. The molecule has 84 valence electrons. The van der Waals surface area contributed by atoms with Crippen molar-refractivity contribution in [2.75, 3.05) is 0 Å². The number of hydrogen-bond acceptors (Lipinski definition) is 4. The molecule has 4 nitrogen and oxygen atoms in total. The van der Waals surface area contributed by atoms with Crippen molar-refractivity contribution in [2.24, 2.45) is 5.73 Å². The molecule has 15 heavy (non-hydrogen) atoms. The Morgan fingerprint density at radius 2 is 2.33 bits per heavy atom. The number of hydrogen-bond donors (Lipinski definition) is 2. The highest BCUT2D eigenvalue weighted by atomic mass is 32.1. The molecule has 0 aliphatic rings. The molecule has 1 rings (SSSR count). The van der Waals surface area contributed by atoms with Gasteiger partial charge < -0.3 is 11.1 Å². The zero-order chi connectivity index (χ0) is 11.3. The highest BCUT2D eigenvalue weighted by molar-refractivity contribution is 7.09. The van der Waals surface area contributed by atoms with E-state index >= 15 is 0 Å². The summed E-state index contributed by atoms with van der Waals surface area (Å²) in [5.41, 5.74) is 5.64. The summed E-state index contributed by atoms with van der Waals surface area (Å²) in [7, 11) is 0. The van der Waals surface area contributed by atoms with Crippen molar-refractivity contribution >= 4 is 17.2 Å². The molecule has 1 unspecified atom stereocenters. The molecular formula is C10H17N3OS. The summed E-state index contributed by atoms with van der Waals surface area (Å²) in [6.45, 7) is 3.92. The molecule has 1 heterocycles. The maximum absolute atomic E-state index is 11.6. The minimum absolute atomic E-state index is 0.00454. The molecule has 0 bridgehead atoms. The molecule has 5 heteroatoms. The summed E-state index contributed by atoms with van der Waals surface area (Å²) < 4.78 is 0. The van der Waals surface area contributed by atoms with E-state index in [0.29, 0.717) is 6.42 Å². The van der Waals surface area contributed by atoms with Gasteiger partial charge in [0.15, 0.2) is 0 Å². The highest BCUT2D eigenvalue weighted by Gasteiger charge is 2.18. The van der Waals surface area contributed by atoms with Gasteiger partial charge >= 0.3 is 0 Å². The lowest BCUT2D eigenvalue weighted by Gasteiger charge is -2.17. The maximum Gasteiger partial charge on any atom is 0.237 e. The van der Waals surface area contributed by atoms with E-state index in [9.17, 15) is 4.79 Å². The van der Waals surface area contributed by atoms with Gasteiger partial charge in [0.05, 0.1) is 12.1 Å². The van der Waals surface area contributed by atoms with Gasteiger partial charge in [-0.15, -0.1) is 11.3 Å². The number of thiazole rings is 1. The van der Waals surface area contributed by atoms with Gasteiger partial charge in [0, 0.05) is 11.6 Å². The quantitative estimate of drug-likeness (QED) is 0.800. The second kappa shape index (κ2) is 5.82. The Kier molecular flexibility index (Phi) is 4.71. The van der Waals surface area contributed by atoms with E-state index in [-0.39, 0.29) is 11.9 Å². The number of rotatable bonds is 5. The standard InChI is InChI=1S/C10H17N3OS/c1-3-7(11)9(14)13-8(4-2)10-12-5-6-15-10/h5-8H,3-4,11H2,1-2H3,(H,13,14)/t7-,8?/m1/s1. The van der Waals surface area contributed by atoms with Gasteiger partial charge in [-0.1, -0.05) is 13.8 Å². The fraction of sp³-hybridized carbons (Fsp3) is 0.600. The van der Waals surface area contributed by atoms with E-state index in [1.54, 1.807) is 17.5 Å².